The molecule has 4 rings (SSSR count). The number of nitrogens with two attached hydrogens (primary N) is 3. The van der Waals surface area contributed by atoms with Crippen molar-refractivity contribution >= 4 is 56.2 Å². The fourth-order valence-electron chi connectivity index (χ4n) is 3.63. The van der Waals surface area contributed by atoms with Gasteiger partial charge in [0.25, 0.3) is 11.8 Å². The fourth-order valence-corrected chi connectivity index (χ4v) is 5.04. The smallest absolute Gasteiger partial charge is 0.362 e. The van der Waals surface area contributed by atoms with E-state index < -0.39 is 51.5 Å². The molecule has 1 aliphatic carbocycles. The summed E-state index contributed by atoms with van der Waals surface area (Å²) in [5.41, 5.74) is 14.9. The Morgan fingerprint density at radius 3 is 2.66 bits per heavy atom. The van der Waals surface area contributed by atoms with Crippen LogP contribution in [0.5, 0.6) is 0 Å². The molecule has 2 aromatic rings. The van der Waals surface area contributed by atoms with Crippen LogP contribution in [0.4, 0.5) is 5.13 Å². The van der Waals surface area contributed by atoms with E-state index in [1.807, 2.05) is 0 Å². The standard InChI is InChI=1S/C19H26N12O8S2/c20-3-4-23-17(21)24-5-9-6-25-30(28-9)7-11-13(15(33)31(11)41(36,37)38)27-14(32)12(10-8-40-18(22)26-10)29-39-19(1-2-19)16(34)35/h6,8,11,13H,1-5,7,20H2,(H2,22,26)(H,27,32)(H,34,35)(H3,21,23,24)(H,36,37,38). The van der Waals surface area contributed by atoms with Gasteiger partial charge < -0.3 is 37.8 Å². The maximum Gasteiger partial charge on any atom is 0.362 e. The van der Waals surface area contributed by atoms with Gasteiger partial charge in [0.1, 0.15) is 23.5 Å². The number of rotatable bonds is 13. The number of amides is 2. The molecule has 20 nitrogen and oxygen atoms in total. The monoisotopic (exact) mass is 614 g/mol. The summed E-state index contributed by atoms with van der Waals surface area (Å²) in [5, 5.41) is 27.7. The lowest BCUT2D eigenvalue weighted by Crippen LogP contribution is -2.73. The van der Waals surface area contributed by atoms with Crippen molar-refractivity contribution in [2.24, 2.45) is 21.6 Å². The summed E-state index contributed by atoms with van der Waals surface area (Å²) >= 11 is 0.962. The molecule has 2 atom stereocenters. The van der Waals surface area contributed by atoms with Crippen LogP contribution in [0.15, 0.2) is 21.7 Å². The van der Waals surface area contributed by atoms with Gasteiger partial charge in [0.2, 0.25) is 5.60 Å². The van der Waals surface area contributed by atoms with Gasteiger partial charge in [-0.15, -0.1) is 11.3 Å². The fraction of sp³-hybridized carbons (Fsp3) is 0.474. The first kappa shape index (κ1) is 29.6. The van der Waals surface area contributed by atoms with Crippen molar-refractivity contribution in [2.45, 2.75) is 43.6 Å². The van der Waals surface area contributed by atoms with Gasteiger partial charge in [0, 0.05) is 31.3 Å². The molecular formula is C19H26N12O8S2. The summed E-state index contributed by atoms with van der Waals surface area (Å²) in [6.07, 6.45) is 1.65. The maximum atomic E-state index is 13.2. The van der Waals surface area contributed by atoms with Crippen molar-refractivity contribution in [1.29, 1.82) is 0 Å². The summed E-state index contributed by atoms with van der Waals surface area (Å²) in [4.78, 5) is 51.5. The molecule has 41 heavy (non-hydrogen) atoms. The number of carbonyl (C=O) groups is 3. The number of nitrogens with one attached hydrogen (secondary N) is 2. The van der Waals surface area contributed by atoms with Crippen LogP contribution >= 0.6 is 11.3 Å². The molecule has 0 bridgehead atoms. The van der Waals surface area contributed by atoms with Crippen molar-refractivity contribution in [2.75, 3.05) is 18.8 Å². The van der Waals surface area contributed by atoms with E-state index in [-0.39, 0.29) is 47.0 Å². The summed E-state index contributed by atoms with van der Waals surface area (Å²) in [6, 6.07) is -2.83. The van der Waals surface area contributed by atoms with Crippen LogP contribution in [0.25, 0.3) is 0 Å². The number of nitrogen functional groups attached to an aromatic ring is 1. The SMILES string of the molecule is NCCNC(N)=NCc1cnn(CC2C(NC(=O)C(=NOC3(C(=O)O)CC3)c3csc(N)n3)C(=O)N2S(=O)(=O)O)n1. The topological polar surface area (TPSA) is 309 Å². The first-order valence-corrected chi connectivity index (χ1v) is 14.1. The van der Waals surface area contributed by atoms with Crippen LogP contribution in [0.3, 0.4) is 0 Å². The van der Waals surface area contributed by atoms with Crippen LogP contribution in [0.2, 0.25) is 0 Å². The van der Waals surface area contributed by atoms with E-state index >= 15 is 0 Å². The molecule has 1 saturated carbocycles. The van der Waals surface area contributed by atoms with E-state index in [0.29, 0.717) is 18.8 Å². The Kier molecular flexibility index (Phi) is 8.37. The van der Waals surface area contributed by atoms with Gasteiger partial charge in [0.15, 0.2) is 16.8 Å². The van der Waals surface area contributed by atoms with Crippen LogP contribution in [0.1, 0.15) is 24.2 Å². The first-order chi connectivity index (χ1) is 19.3. The Bertz CT molecular complexity index is 1500. The summed E-state index contributed by atoms with van der Waals surface area (Å²) in [6.45, 7) is 0.403. The average Bonchev–Trinajstić information content (AvgIpc) is 3.37. The molecule has 2 unspecified atom stereocenters. The minimum atomic E-state index is -5.02. The number of nitrogens with zero attached hydrogens (tertiary/aromatic N) is 7. The second-order valence-corrected chi connectivity index (χ2v) is 11.0. The minimum Gasteiger partial charge on any atom is -0.478 e. The van der Waals surface area contributed by atoms with E-state index in [9.17, 15) is 32.5 Å². The number of carboxylic acid groups (broad SMARTS) is 1. The zero-order chi connectivity index (χ0) is 29.9. The molecule has 0 aromatic carbocycles. The number of thiazole rings is 1. The van der Waals surface area contributed by atoms with Crippen molar-refractivity contribution in [3.8, 4) is 0 Å². The maximum absolute atomic E-state index is 13.2. The molecule has 2 aliphatic rings. The van der Waals surface area contributed by atoms with E-state index in [2.05, 4.69) is 36.0 Å². The highest BCUT2D eigenvalue weighted by Crippen LogP contribution is 2.40. The number of aromatic nitrogens is 4. The second kappa shape index (κ2) is 11.6. The normalized spacial score (nSPS) is 20.3. The number of guanidine groups is 1. The van der Waals surface area contributed by atoms with E-state index in [4.69, 9.17) is 22.0 Å². The molecule has 0 radical (unpaired) electrons. The van der Waals surface area contributed by atoms with Gasteiger partial charge >= 0.3 is 16.3 Å². The third kappa shape index (κ3) is 6.67. The molecule has 3 heterocycles. The molecule has 1 aliphatic heterocycles. The number of oxime groups is 1. The average molecular weight is 615 g/mol. The van der Waals surface area contributed by atoms with Crippen LogP contribution in [-0.4, -0.2) is 103 Å². The first-order valence-electron chi connectivity index (χ1n) is 11.8. The minimum absolute atomic E-state index is 0.0175. The number of β-lactam (4-membered cyclic amide) rings is 1. The number of aliphatic carboxylic acids is 1. The van der Waals surface area contributed by atoms with Gasteiger partial charge in [-0.25, -0.2) is 19.1 Å². The number of hydrogen-bond donors (Lipinski definition) is 7. The zero-order valence-electron chi connectivity index (χ0n) is 21.1. The van der Waals surface area contributed by atoms with E-state index in [0.717, 1.165) is 16.1 Å². The quantitative estimate of drug-likeness (QED) is 0.0374. The van der Waals surface area contributed by atoms with Crippen LogP contribution in [0, 0.1) is 0 Å². The van der Waals surface area contributed by atoms with Crippen molar-refractivity contribution in [3.63, 3.8) is 0 Å². The van der Waals surface area contributed by atoms with Crippen molar-refractivity contribution in [1.82, 2.24) is 34.9 Å². The highest BCUT2D eigenvalue weighted by Gasteiger charge is 2.56. The van der Waals surface area contributed by atoms with Crippen LogP contribution in [-0.2, 0) is 42.6 Å². The van der Waals surface area contributed by atoms with E-state index in [1.165, 1.54) is 11.6 Å². The predicted octanol–water partition coefficient (Wildman–Crippen LogP) is -3.78. The summed E-state index contributed by atoms with van der Waals surface area (Å²) in [5.74, 6) is -3.35. The van der Waals surface area contributed by atoms with Gasteiger partial charge in [-0.2, -0.15) is 23.4 Å². The number of aliphatic imine (C=N–C) groups is 1. The van der Waals surface area contributed by atoms with Gasteiger partial charge in [-0.05, 0) is 0 Å². The molecule has 2 fully saturated rings. The highest BCUT2D eigenvalue weighted by atomic mass is 32.2. The number of hydrogen-bond acceptors (Lipinski definition) is 14. The number of anilines is 1. The highest BCUT2D eigenvalue weighted by molar-refractivity contribution is 7.84. The molecule has 2 amide bonds. The second-order valence-electron chi connectivity index (χ2n) is 8.84. The molecule has 1 saturated heterocycles. The molecule has 222 valence electrons. The largest absolute Gasteiger partial charge is 0.478 e. The molecular weight excluding hydrogens is 588 g/mol. The Morgan fingerprint density at radius 2 is 2.07 bits per heavy atom. The Morgan fingerprint density at radius 1 is 1.34 bits per heavy atom. The molecule has 0 spiro atoms. The number of carbonyl (C=O) groups excluding carboxylic acids is 2. The molecule has 22 heteroatoms. The van der Waals surface area contributed by atoms with Gasteiger partial charge in [-0.3, -0.25) is 14.1 Å². The molecule has 10 N–H and O–H groups in total. The third-order valence-electron chi connectivity index (χ3n) is 5.89. The van der Waals surface area contributed by atoms with Crippen molar-refractivity contribution in [3.05, 3.63) is 23.0 Å². The zero-order valence-corrected chi connectivity index (χ0v) is 22.7. The van der Waals surface area contributed by atoms with Gasteiger partial charge in [0.05, 0.1) is 19.3 Å². The van der Waals surface area contributed by atoms with E-state index in [1.54, 1.807) is 0 Å². The molecule has 2 aromatic heterocycles. The number of carboxylic acids is 1. The Labute approximate surface area is 235 Å². The Balaban J connectivity index is 1.52. The Hall–Kier alpha value is -4.41. The summed E-state index contributed by atoms with van der Waals surface area (Å²) in [7, 11) is -5.02. The van der Waals surface area contributed by atoms with Crippen molar-refractivity contribution < 1.29 is 37.3 Å². The van der Waals surface area contributed by atoms with Gasteiger partial charge in [-0.1, -0.05) is 5.16 Å². The lowest BCUT2D eigenvalue weighted by Gasteiger charge is -2.43. The summed E-state index contributed by atoms with van der Waals surface area (Å²) < 4.78 is 33.6. The lowest BCUT2D eigenvalue weighted by molar-refractivity contribution is -0.153. The predicted molar refractivity (Wildman–Crippen MR) is 140 cm³/mol. The third-order valence-corrected chi connectivity index (χ3v) is 7.51. The van der Waals surface area contributed by atoms with Crippen LogP contribution < -0.4 is 27.8 Å². The lowest BCUT2D eigenvalue weighted by atomic mass is 9.98.